The van der Waals surface area contributed by atoms with Gasteiger partial charge in [0.15, 0.2) is 5.03 Å². The number of aromatic nitrogens is 4. The van der Waals surface area contributed by atoms with Crippen LogP contribution in [0.5, 0.6) is 0 Å². The van der Waals surface area contributed by atoms with Crippen molar-refractivity contribution in [3.05, 3.63) is 30.0 Å². The summed E-state index contributed by atoms with van der Waals surface area (Å²) in [4.78, 5) is 3.76. The van der Waals surface area contributed by atoms with E-state index in [1.165, 1.54) is 12.5 Å². The Morgan fingerprint density at radius 1 is 1.44 bits per heavy atom. The third kappa shape index (κ3) is 2.73. The Hall–Kier alpha value is -1.34. The number of halogens is 1. The van der Waals surface area contributed by atoms with E-state index in [2.05, 4.69) is 10.1 Å². The first kappa shape index (κ1) is 13.1. The molecule has 0 atom stereocenters. The van der Waals surface area contributed by atoms with Crippen molar-refractivity contribution < 1.29 is 8.42 Å². The molecular weight excluding hydrogens is 276 g/mol. The number of nitrogens with zero attached hydrogens (tertiary/aromatic N) is 4. The topological polar surface area (TPSA) is 69.8 Å². The highest BCUT2D eigenvalue weighted by molar-refractivity contribution is 8.13. The van der Waals surface area contributed by atoms with Gasteiger partial charge in [-0.25, -0.2) is 13.4 Å². The summed E-state index contributed by atoms with van der Waals surface area (Å²) in [5, 5.41) is 4.18. The SMILES string of the molecule is CCn1nc(C)cc1Cn1cnc(S(=O)(=O)Cl)c1. The van der Waals surface area contributed by atoms with Crippen LogP contribution in [0.4, 0.5) is 0 Å². The van der Waals surface area contributed by atoms with Crippen LogP contribution in [0.3, 0.4) is 0 Å². The molecule has 0 aliphatic rings. The van der Waals surface area contributed by atoms with Crippen molar-refractivity contribution in [3.8, 4) is 0 Å². The first-order valence-corrected chi connectivity index (χ1v) is 7.71. The van der Waals surface area contributed by atoms with Crippen molar-refractivity contribution >= 4 is 19.7 Å². The van der Waals surface area contributed by atoms with Gasteiger partial charge in [-0.3, -0.25) is 4.68 Å². The van der Waals surface area contributed by atoms with E-state index in [1.54, 1.807) is 4.57 Å². The average molecular weight is 289 g/mol. The molecule has 0 N–H and O–H groups in total. The summed E-state index contributed by atoms with van der Waals surface area (Å²) in [6, 6.07) is 1.96. The summed E-state index contributed by atoms with van der Waals surface area (Å²) >= 11 is 0. The number of hydrogen-bond donors (Lipinski definition) is 0. The van der Waals surface area contributed by atoms with Crippen LogP contribution in [-0.4, -0.2) is 27.7 Å². The molecule has 0 fully saturated rings. The molecule has 0 radical (unpaired) electrons. The van der Waals surface area contributed by atoms with Crippen LogP contribution < -0.4 is 0 Å². The van der Waals surface area contributed by atoms with Gasteiger partial charge < -0.3 is 4.57 Å². The Morgan fingerprint density at radius 2 is 2.17 bits per heavy atom. The fraction of sp³-hybridized carbons (Fsp3) is 0.400. The molecule has 0 amide bonds. The van der Waals surface area contributed by atoms with Crippen molar-refractivity contribution in [2.45, 2.75) is 32.0 Å². The zero-order chi connectivity index (χ0) is 13.3. The lowest BCUT2D eigenvalue weighted by Gasteiger charge is -2.04. The first-order valence-electron chi connectivity index (χ1n) is 5.40. The van der Waals surface area contributed by atoms with Gasteiger partial charge in [-0.1, -0.05) is 0 Å². The van der Waals surface area contributed by atoms with E-state index in [4.69, 9.17) is 10.7 Å². The van der Waals surface area contributed by atoms with E-state index in [1.807, 2.05) is 24.6 Å². The second-order valence-corrected chi connectivity index (χ2v) is 6.43. The summed E-state index contributed by atoms with van der Waals surface area (Å²) < 4.78 is 25.7. The second kappa shape index (κ2) is 4.74. The van der Waals surface area contributed by atoms with Crippen molar-refractivity contribution in [2.75, 3.05) is 0 Å². The van der Waals surface area contributed by atoms with Gasteiger partial charge >= 0.3 is 0 Å². The minimum absolute atomic E-state index is 0.136. The molecule has 0 unspecified atom stereocenters. The van der Waals surface area contributed by atoms with Crippen LogP contribution in [0.1, 0.15) is 18.3 Å². The number of aryl methyl sites for hydroxylation is 2. The fourth-order valence-electron chi connectivity index (χ4n) is 1.74. The third-order valence-electron chi connectivity index (χ3n) is 2.49. The minimum Gasteiger partial charge on any atom is -0.330 e. The lowest BCUT2D eigenvalue weighted by molar-refractivity contribution is 0.596. The molecule has 18 heavy (non-hydrogen) atoms. The quantitative estimate of drug-likeness (QED) is 0.797. The maximum atomic E-state index is 11.1. The largest absolute Gasteiger partial charge is 0.330 e. The molecule has 2 aromatic rings. The van der Waals surface area contributed by atoms with Gasteiger partial charge in [-0.15, -0.1) is 0 Å². The van der Waals surface area contributed by atoms with Crippen molar-refractivity contribution in [1.29, 1.82) is 0 Å². The molecular formula is C10H13ClN4O2S. The number of rotatable bonds is 4. The van der Waals surface area contributed by atoms with Crippen LogP contribution in [0, 0.1) is 6.92 Å². The average Bonchev–Trinajstić information content (AvgIpc) is 2.85. The molecule has 8 heteroatoms. The van der Waals surface area contributed by atoms with Crippen LogP contribution >= 0.6 is 10.7 Å². The van der Waals surface area contributed by atoms with Crippen LogP contribution in [0.25, 0.3) is 0 Å². The van der Waals surface area contributed by atoms with Gasteiger partial charge in [0.2, 0.25) is 0 Å². The van der Waals surface area contributed by atoms with Crippen LogP contribution in [0.2, 0.25) is 0 Å². The van der Waals surface area contributed by atoms with E-state index in [9.17, 15) is 8.42 Å². The van der Waals surface area contributed by atoms with Gasteiger partial charge in [0.05, 0.1) is 24.3 Å². The van der Waals surface area contributed by atoms with E-state index >= 15 is 0 Å². The van der Waals surface area contributed by atoms with Crippen molar-refractivity contribution in [3.63, 3.8) is 0 Å². The molecule has 2 aromatic heterocycles. The van der Waals surface area contributed by atoms with Gasteiger partial charge in [0, 0.05) is 23.4 Å². The molecule has 0 saturated heterocycles. The summed E-state index contributed by atoms with van der Waals surface area (Å²) in [5.41, 5.74) is 1.92. The van der Waals surface area contributed by atoms with Gasteiger partial charge in [-0.05, 0) is 19.9 Å². The molecule has 6 nitrogen and oxygen atoms in total. The van der Waals surface area contributed by atoms with Gasteiger partial charge in [0.25, 0.3) is 9.05 Å². The Balaban J connectivity index is 2.26. The molecule has 0 bridgehead atoms. The Bertz CT molecular complexity index is 659. The molecule has 98 valence electrons. The lowest BCUT2D eigenvalue weighted by Crippen LogP contribution is -2.06. The van der Waals surface area contributed by atoms with E-state index in [0.717, 1.165) is 17.9 Å². The predicted octanol–water partition coefficient (Wildman–Crippen LogP) is 1.38. The van der Waals surface area contributed by atoms with Gasteiger partial charge in [-0.2, -0.15) is 5.10 Å². The molecule has 2 rings (SSSR count). The smallest absolute Gasteiger partial charge is 0.280 e. The first-order chi connectivity index (χ1) is 8.40. The molecule has 0 spiro atoms. The Kier molecular flexibility index (Phi) is 3.45. The highest BCUT2D eigenvalue weighted by Gasteiger charge is 2.14. The van der Waals surface area contributed by atoms with E-state index in [-0.39, 0.29) is 5.03 Å². The molecule has 0 saturated carbocycles. The van der Waals surface area contributed by atoms with Crippen LogP contribution in [-0.2, 0) is 22.1 Å². The predicted molar refractivity (Wildman–Crippen MR) is 67.0 cm³/mol. The maximum Gasteiger partial charge on any atom is 0.280 e. The molecule has 2 heterocycles. The highest BCUT2D eigenvalue weighted by Crippen LogP contribution is 2.13. The lowest BCUT2D eigenvalue weighted by atomic mass is 10.3. The van der Waals surface area contributed by atoms with E-state index in [0.29, 0.717) is 6.54 Å². The zero-order valence-corrected chi connectivity index (χ0v) is 11.6. The molecule has 0 aromatic carbocycles. The Labute approximate surface area is 110 Å². The maximum absolute atomic E-state index is 11.1. The number of hydrogen-bond acceptors (Lipinski definition) is 4. The zero-order valence-electron chi connectivity index (χ0n) is 10.0. The van der Waals surface area contributed by atoms with Crippen molar-refractivity contribution in [1.82, 2.24) is 19.3 Å². The third-order valence-corrected chi connectivity index (χ3v) is 3.67. The summed E-state index contributed by atoms with van der Waals surface area (Å²) in [7, 11) is 1.45. The minimum atomic E-state index is -3.77. The fourth-order valence-corrected chi connectivity index (χ4v) is 2.41. The van der Waals surface area contributed by atoms with Gasteiger partial charge in [0.1, 0.15) is 0 Å². The monoisotopic (exact) mass is 288 g/mol. The van der Waals surface area contributed by atoms with Crippen LogP contribution in [0.15, 0.2) is 23.6 Å². The van der Waals surface area contributed by atoms with E-state index < -0.39 is 9.05 Å². The normalized spacial score (nSPS) is 11.9. The highest BCUT2D eigenvalue weighted by atomic mass is 35.7. The van der Waals surface area contributed by atoms with Crippen molar-refractivity contribution in [2.24, 2.45) is 0 Å². The summed E-state index contributed by atoms with van der Waals surface area (Å²) in [5.74, 6) is 0. The molecule has 0 aliphatic carbocycles. The summed E-state index contributed by atoms with van der Waals surface area (Å²) in [6.45, 7) is 5.18. The Morgan fingerprint density at radius 3 is 2.72 bits per heavy atom. The molecule has 0 aliphatic heterocycles. The summed E-state index contributed by atoms with van der Waals surface area (Å²) in [6.07, 6.45) is 2.85. The number of imidazole rings is 1. The standard InChI is InChI=1S/C10H13ClN4O2S/c1-3-15-9(4-8(2)13-15)5-14-6-10(12-7-14)18(11,16)17/h4,6-7H,3,5H2,1-2H3. The second-order valence-electron chi connectivity index (χ2n) is 3.91.